The molecule has 0 aromatic heterocycles. The van der Waals surface area contributed by atoms with E-state index in [0.717, 1.165) is 0 Å². The molecule has 0 heterocycles. The maximum absolute atomic E-state index is 11.7. The quantitative estimate of drug-likeness (QED) is 0.776. The molecule has 1 amide bonds. The number of carbonyl (C=O) groups is 2. The minimum Gasteiger partial charge on any atom is -0.347 e. The molecule has 0 radical (unpaired) electrons. The molecule has 3 nitrogen and oxygen atoms in total. The van der Waals surface area contributed by atoms with Gasteiger partial charge in [-0.05, 0) is 39.8 Å². The molecule has 0 spiro atoms. The molecule has 0 saturated carbocycles. The summed E-state index contributed by atoms with van der Waals surface area (Å²) in [5, 5.41) is 2.86. The predicted octanol–water partition coefficient (Wildman–Crippen LogP) is 2.42. The fraction of sp³-hybridized carbons (Fsp3) is 0.385. The lowest BCUT2D eigenvalue weighted by atomic mass is 10.1. The van der Waals surface area contributed by atoms with E-state index in [2.05, 4.69) is 5.32 Å². The van der Waals surface area contributed by atoms with Crippen molar-refractivity contribution in [2.45, 2.75) is 33.2 Å². The predicted molar refractivity (Wildman–Crippen MR) is 63.7 cm³/mol. The zero-order chi connectivity index (χ0) is 12.3. The van der Waals surface area contributed by atoms with Gasteiger partial charge in [-0.15, -0.1) is 0 Å². The standard InChI is InChI=1S/C13H17NO2/c1-9(15)10-5-7-11(8-6-10)12(16)14-13(2,3)4/h5-8H,1-4H3,(H,14,16). The summed E-state index contributed by atoms with van der Waals surface area (Å²) in [6.45, 7) is 7.28. The number of ketones is 1. The molecule has 16 heavy (non-hydrogen) atoms. The fourth-order valence-corrected chi connectivity index (χ4v) is 1.27. The molecule has 1 N–H and O–H groups in total. The van der Waals surface area contributed by atoms with Crippen molar-refractivity contribution in [3.8, 4) is 0 Å². The Bertz CT molecular complexity index is 399. The number of rotatable bonds is 2. The van der Waals surface area contributed by atoms with Gasteiger partial charge in [0.25, 0.3) is 5.91 Å². The summed E-state index contributed by atoms with van der Waals surface area (Å²) in [6.07, 6.45) is 0. The van der Waals surface area contributed by atoms with Crippen LogP contribution in [0, 0.1) is 0 Å². The summed E-state index contributed by atoms with van der Waals surface area (Å²) in [7, 11) is 0. The average molecular weight is 219 g/mol. The van der Waals surface area contributed by atoms with Gasteiger partial charge in [-0.1, -0.05) is 12.1 Å². The molecule has 1 aromatic carbocycles. The van der Waals surface area contributed by atoms with Gasteiger partial charge >= 0.3 is 0 Å². The van der Waals surface area contributed by atoms with E-state index in [9.17, 15) is 9.59 Å². The molecule has 86 valence electrons. The third-order valence-electron chi connectivity index (χ3n) is 2.04. The highest BCUT2D eigenvalue weighted by Gasteiger charge is 2.15. The number of hydrogen-bond acceptors (Lipinski definition) is 2. The molecule has 0 fully saturated rings. The second-order valence-electron chi connectivity index (χ2n) is 4.84. The number of benzene rings is 1. The van der Waals surface area contributed by atoms with E-state index >= 15 is 0 Å². The summed E-state index contributed by atoms with van der Waals surface area (Å²) < 4.78 is 0. The van der Waals surface area contributed by atoms with Gasteiger partial charge in [0.05, 0.1) is 0 Å². The van der Waals surface area contributed by atoms with E-state index in [-0.39, 0.29) is 17.2 Å². The van der Waals surface area contributed by atoms with Crippen molar-refractivity contribution in [2.75, 3.05) is 0 Å². The molecule has 0 unspecified atom stereocenters. The van der Waals surface area contributed by atoms with Crippen LogP contribution in [0.2, 0.25) is 0 Å². The number of amides is 1. The summed E-state index contributed by atoms with van der Waals surface area (Å²) >= 11 is 0. The van der Waals surface area contributed by atoms with Gasteiger partial charge in [0, 0.05) is 16.7 Å². The van der Waals surface area contributed by atoms with Crippen molar-refractivity contribution in [2.24, 2.45) is 0 Å². The Hall–Kier alpha value is -1.64. The van der Waals surface area contributed by atoms with Crippen molar-refractivity contribution in [3.63, 3.8) is 0 Å². The van der Waals surface area contributed by atoms with Crippen LogP contribution in [-0.2, 0) is 0 Å². The molecule has 0 aliphatic rings. The van der Waals surface area contributed by atoms with Crippen LogP contribution in [0.4, 0.5) is 0 Å². The fourth-order valence-electron chi connectivity index (χ4n) is 1.27. The highest BCUT2D eigenvalue weighted by atomic mass is 16.1. The van der Waals surface area contributed by atoms with Crippen LogP contribution in [-0.4, -0.2) is 17.2 Å². The largest absolute Gasteiger partial charge is 0.347 e. The van der Waals surface area contributed by atoms with Gasteiger partial charge in [0.1, 0.15) is 0 Å². The molecule has 0 atom stereocenters. The van der Waals surface area contributed by atoms with Crippen molar-refractivity contribution in [1.29, 1.82) is 0 Å². The molecular weight excluding hydrogens is 202 g/mol. The maximum Gasteiger partial charge on any atom is 0.251 e. The average Bonchev–Trinajstić information content (AvgIpc) is 2.15. The molecule has 0 aliphatic carbocycles. The van der Waals surface area contributed by atoms with E-state index in [1.807, 2.05) is 20.8 Å². The van der Waals surface area contributed by atoms with Gasteiger partial charge in [0.2, 0.25) is 0 Å². The summed E-state index contributed by atoms with van der Waals surface area (Å²) in [5.74, 6) is -0.120. The van der Waals surface area contributed by atoms with Gasteiger partial charge in [-0.3, -0.25) is 9.59 Å². The minimum absolute atomic E-state index is 0.00257. The smallest absolute Gasteiger partial charge is 0.251 e. The molecule has 0 aliphatic heterocycles. The van der Waals surface area contributed by atoms with Crippen LogP contribution in [0.5, 0.6) is 0 Å². The van der Waals surface area contributed by atoms with E-state index in [4.69, 9.17) is 0 Å². The Morgan fingerprint density at radius 1 is 1.00 bits per heavy atom. The first-order valence-electron chi connectivity index (χ1n) is 5.23. The number of Topliss-reactive ketones (excluding diaryl/α,β-unsaturated/α-hetero) is 1. The van der Waals surface area contributed by atoms with Crippen LogP contribution in [0.15, 0.2) is 24.3 Å². The van der Waals surface area contributed by atoms with E-state index < -0.39 is 0 Å². The Morgan fingerprint density at radius 3 is 1.81 bits per heavy atom. The van der Waals surface area contributed by atoms with E-state index in [0.29, 0.717) is 11.1 Å². The zero-order valence-corrected chi connectivity index (χ0v) is 10.1. The summed E-state index contributed by atoms with van der Waals surface area (Å²) in [6, 6.07) is 6.66. The molecule has 1 aromatic rings. The zero-order valence-electron chi connectivity index (χ0n) is 10.1. The van der Waals surface area contributed by atoms with Crippen molar-refractivity contribution in [3.05, 3.63) is 35.4 Å². The highest BCUT2D eigenvalue weighted by Crippen LogP contribution is 2.07. The Morgan fingerprint density at radius 2 is 1.44 bits per heavy atom. The lowest BCUT2D eigenvalue weighted by molar-refractivity contribution is 0.0918. The normalized spacial score (nSPS) is 11.0. The second kappa shape index (κ2) is 4.47. The first-order valence-corrected chi connectivity index (χ1v) is 5.23. The number of nitrogens with one attached hydrogen (secondary N) is 1. The number of carbonyl (C=O) groups excluding carboxylic acids is 2. The van der Waals surface area contributed by atoms with Crippen LogP contribution in [0.3, 0.4) is 0 Å². The summed E-state index contributed by atoms with van der Waals surface area (Å²) in [4.78, 5) is 22.8. The second-order valence-corrected chi connectivity index (χ2v) is 4.84. The van der Waals surface area contributed by atoms with Gasteiger partial charge in [-0.25, -0.2) is 0 Å². The third-order valence-corrected chi connectivity index (χ3v) is 2.04. The monoisotopic (exact) mass is 219 g/mol. The molecule has 0 bridgehead atoms. The van der Waals surface area contributed by atoms with Gasteiger partial charge in [0.15, 0.2) is 5.78 Å². The van der Waals surface area contributed by atoms with E-state index in [1.54, 1.807) is 24.3 Å². The minimum atomic E-state index is -0.254. The van der Waals surface area contributed by atoms with Crippen LogP contribution in [0.25, 0.3) is 0 Å². The van der Waals surface area contributed by atoms with Crippen LogP contribution < -0.4 is 5.32 Å². The molecule has 0 saturated heterocycles. The third kappa shape index (κ3) is 3.50. The first kappa shape index (κ1) is 12.4. The topological polar surface area (TPSA) is 46.2 Å². The van der Waals surface area contributed by atoms with Gasteiger partial charge < -0.3 is 5.32 Å². The van der Waals surface area contributed by atoms with Crippen molar-refractivity contribution >= 4 is 11.7 Å². The highest BCUT2D eigenvalue weighted by molar-refractivity contribution is 5.97. The molecule has 3 heteroatoms. The first-order chi connectivity index (χ1) is 7.29. The van der Waals surface area contributed by atoms with Crippen molar-refractivity contribution in [1.82, 2.24) is 5.32 Å². The molecular formula is C13H17NO2. The molecule has 1 rings (SSSR count). The Balaban J connectivity index is 2.82. The lowest BCUT2D eigenvalue weighted by Gasteiger charge is -2.20. The van der Waals surface area contributed by atoms with E-state index in [1.165, 1.54) is 6.92 Å². The SMILES string of the molecule is CC(=O)c1ccc(C(=O)NC(C)(C)C)cc1. The summed E-state index contributed by atoms with van der Waals surface area (Å²) in [5.41, 5.74) is 0.934. The number of hydrogen-bond donors (Lipinski definition) is 1. The van der Waals surface area contributed by atoms with Crippen LogP contribution >= 0.6 is 0 Å². The van der Waals surface area contributed by atoms with Crippen molar-refractivity contribution < 1.29 is 9.59 Å². The Kier molecular flexibility index (Phi) is 3.48. The van der Waals surface area contributed by atoms with Gasteiger partial charge in [-0.2, -0.15) is 0 Å². The van der Waals surface area contributed by atoms with Crippen LogP contribution in [0.1, 0.15) is 48.4 Å². The maximum atomic E-state index is 11.7. The lowest BCUT2D eigenvalue weighted by Crippen LogP contribution is -2.40. The Labute approximate surface area is 95.9 Å².